The summed E-state index contributed by atoms with van der Waals surface area (Å²) < 4.78 is 7.88. The molecule has 0 aliphatic rings. The van der Waals surface area contributed by atoms with Gasteiger partial charge in [-0.1, -0.05) is 46.3 Å². The number of aryl methyl sites for hydroxylation is 1. The van der Waals surface area contributed by atoms with Crippen LogP contribution in [0, 0.1) is 13.8 Å². The second kappa shape index (κ2) is 10.2. The van der Waals surface area contributed by atoms with E-state index in [1.807, 2.05) is 80.1 Å². The summed E-state index contributed by atoms with van der Waals surface area (Å²) in [6.07, 6.45) is 2.99. The Labute approximate surface area is 190 Å². The molecule has 0 aliphatic carbocycles. The summed E-state index contributed by atoms with van der Waals surface area (Å²) in [5.74, 6) is -0.945. The van der Waals surface area contributed by atoms with E-state index < -0.39 is 5.97 Å². The Morgan fingerprint density at radius 1 is 1.13 bits per heavy atom. The zero-order chi connectivity index (χ0) is 22.4. The number of esters is 1. The number of hydrogen-bond donors (Lipinski definition) is 1. The minimum absolute atomic E-state index is 0.191. The fourth-order valence-electron chi connectivity index (χ4n) is 3.17. The smallest absolute Gasteiger partial charge is 0.331 e. The molecule has 3 aromatic rings. The molecule has 1 heterocycles. The molecule has 1 atom stereocenters. The molecule has 31 heavy (non-hydrogen) atoms. The van der Waals surface area contributed by atoms with Crippen LogP contribution in [0.5, 0.6) is 0 Å². The molecule has 7 heteroatoms. The number of ether oxygens (including phenoxy) is 1. The molecule has 2 aromatic carbocycles. The molecule has 1 amide bonds. The van der Waals surface area contributed by atoms with E-state index in [0.717, 1.165) is 32.7 Å². The Morgan fingerprint density at radius 2 is 1.81 bits per heavy atom. The molecule has 0 radical (unpaired) electrons. The molecule has 0 saturated heterocycles. The van der Waals surface area contributed by atoms with E-state index in [1.165, 1.54) is 6.08 Å². The van der Waals surface area contributed by atoms with Gasteiger partial charge in [0, 0.05) is 21.8 Å². The van der Waals surface area contributed by atoms with Crippen molar-refractivity contribution < 1.29 is 14.3 Å². The predicted molar refractivity (Wildman–Crippen MR) is 124 cm³/mol. The summed E-state index contributed by atoms with van der Waals surface area (Å²) in [7, 11) is 0. The van der Waals surface area contributed by atoms with Crippen molar-refractivity contribution in [1.29, 1.82) is 0 Å². The second-order valence-electron chi connectivity index (χ2n) is 7.11. The maximum atomic E-state index is 12.1. The van der Waals surface area contributed by atoms with Gasteiger partial charge in [0.2, 0.25) is 0 Å². The Hall–Kier alpha value is -3.19. The van der Waals surface area contributed by atoms with Gasteiger partial charge in [0.1, 0.15) is 0 Å². The fourth-order valence-corrected chi connectivity index (χ4v) is 3.43. The number of aromatic nitrogens is 2. The Morgan fingerprint density at radius 3 is 2.48 bits per heavy atom. The Kier molecular flexibility index (Phi) is 7.41. The Bertz CT molecular complexity index is 1090. The molecular weight excluding hydrogens is 458 g/mol. The largest absolute Gasteiger partial charge is 0.452 e. The van der Waals surface area contributed by atoms with E-state index in [0.29, 0.717) is 0 Å². The van der Waals surface area contributed by atoms with Gasteiger partial charge < -0.3 is 10.1 Å². The molecular formula is C24H24BrN3O3. The van der Waals surface area contributed by atoms with Gasteiger partial charge in [-0.2, -0.15) is 5.10 Å². The van der Waals surface area contributed by atoms with Crippen molar-refractivity contribution in [2.45, 2.75) is 26.8 Å². The summed E-state index contributed by atoms with van der Waals surface area (Å²) in [5.41, 5.74) is 4.46. The number of nitrogens with zero attached hydrogens (tertiary/aromatic N) is 2. The molecule has 6 nitrogen and oxygen atoms in total. The summed E-state index contributed by atoms with van der Waals surface area (Å²) in [6.45, 7) is 5.35. The van der Waals surface area contributed by atoms with Crippen molar-refractivity contribution in [1.82, 2.24) is 15.1 Å². The number of rotatable bonds is 7. The summed E-state index contributed by atoms with van der Waals surface area (Å²) in [6, 6.07) is 17.2. The van der Waals surface area contributed by atoms with Crippen LogP contribution in [0.3, 0.4) is 0 Å². The van der Waals surface area contributed by atoms with Crippen molar-refractivity contribution in [3.05, 3.63) is 87.7 Å². The quantitative estimate of drug-likeness (QED) is 0.392. The van der Waals surface area contributed by atoms with Gasteiger partial charge >= 0.3 is 5.97 Å². The third-order valence-electron chi connectivity index (χ3n) is 4.83. The molecule has 0 bridgehead atoms. The highest BCUT2D eigenvalue weighted by molar-refractivity contribution is 9.10. The molecule has 3 rings (SSSR count). The number of benzene rings is 2. The van der Waals surface area contributed by atoms with Crippen LogP contribution in [0.1, 0.15) is 35.5 Å². The van der Waals surface area contributed by atoms with Crippen LogP contribution in [-0.2, 0) is 14.3 Å². The summed E-state index contributed by atoms with van der Waals surface area (Å²) >= 11 is 3.38. The molecule has 1 aromatic heterocycles. The van der Waals surface area contributed by atoms with E-state index in [1.54, 1.807) is 6.08 Å². The van der Waals surface area contributed by atoms with E-state index in [-0.39, 0.29) is 18.6 Å². The average Bonchev–Trinajstić information content (AvgIpc) is 3.05. The van der Waals surface area contributed by atoms with Crippen LogP contribution in [0.4, 0.5) is 0 Å². The van der Waals surface area contributed by atoms with Gasteiger partial charge in [-0.3, -0.25) is 4.79 Å². The maximum absolute atomic E-state index is 12.1. The van der Waals surface area contributed by atoms with Crippen molar-refractivity contribution in [2.24, 2.45) is 0 Å². The zero-order valence-corrected chi connectivity index (χ0v) is 19.2. The van der Waals surface area contributed by atoms with Gasteiger partial charge in [-0.25, -0.2) is 9.48 Å². The normalized spacial score (nSPS) is 12.0. The first-order valence-electron chi connectivity index (χ1n) is 9.86. The van der Waals surface area contributed by atoms with Gasteiger partial charge in [-0.15, -0.1) is 0 Å². The van der Waals surface area contributed by atoms with Gasteiger partial charge in [0.25, 0.3) is 5.91 Å². The molecule has 0 saturated carbocycles. The van der Waals surface area contributed by atoms with E-state index in [2.05, 4.69) is 26.3 Å². The van der Waals surface area contributed by atoms with E-state index in [4.69, 9.17) is 4.74 Å². The average molecular weight is 482 g/mol. The Balaban J connectivity index is 1.55. The fraction of sp³-hybridized carbons (Fsp3) is 0.208. The summed E-state index contributed by atoms with van der Waals surface area (Å²) in [5, 5.41) is 7.36. The van der Waals surface area contributed by atoms with E-state index in [9.17, 15) is 9.59 Å². The molecule has 160 valence electrons. The zero-order valence-electron chi connectivity index (χ0n) is 17.6. The number of carbonyl (C=O) groups is 2. The van der Waals surface area contributed by atoms with Crippen molar-refractivity contribution in [3.8, 4) is 5.69 Å². The lowest BCUT2D eigenvalue weighted by atomic mass is 10.1. The van der Waals surface area contributed by atoms with Crippen LogP contribution < -0.4 is 5.32 Å². The number of hydrogen-bond acceptors (Lipinski definition) is 4. The monoisotopic (exact) mass is 481 g/mol. The first kappa shape index (κ1) is 22.5. The van der Waals surface area contributed by atoms with Crippen LogP contribution in [0.2, 0.25) is 0 Å². The standard InChI is InChI=1S/C24H24BrN3O3/c1-16(19-9-11-20(25)12-10-19)26-23(29)15-31-24(30)14-13-22-17(2)27-28(18(22)3)21-7-5-4-6-8-21/h4-14,16H,15H2,1-3H3,(H,26,29)/b14-13+. The van der Waals surface area contributed by atoms with E-state index >= 15 is 0 Å². The minimum atomic E-state index is -0.585. The molecule has 1 unspecified atom stereocenters. The highest BCUT2D eigenvalue weighted by atomic mass is 79.9. The van der Waals surface area contributed by atoms with Gasteiger partial charge in [0.05, 0.1) is 17.4 Å². The van der Waals surface area contributed by atoms with Gasteiger partial charge in [0.15, 0.2) is 6.61 Å². The lowest BCUT2D eigenvalue weighted by molar-refractivity contribution is -0.144. The van der Waals surface area contributed by atoms with Crippen LogP contribution in [0.15, 0.2) is 65.1 Å². The first-order chi connectivity index (χ1) is 14.8. The number of carbonyl (C=O) groups excluding carboxylic acids is 2. The van der Waals surface area contributed by atoms with Crippen molar-refractivity contribution >= 4 is 33.9 Å². The third kappa shape index (κ3) is 5.92. The molecule has 0 aliphatic heterocycles. The predicted octanol–water partition coefficient (Wildman–Crippen LogP) is 4.69. The first-order valence-corrected chi connectivity index (χ1v) is 10.7. The maximum Gasteiger partial charge on any atom is 0.331 e. The highest BCUT2D eigenvalue weighted by Crippen LogP contribution is 2.19. The third-order valence-corrected chi connectivity index (χ3v) is 5.36. The molecule has 1 N–H and O–H groups in total. The highest BCUT2D eigenvalue weighted by Gasteiger charge is 2.13. The summed E-state index contributed by atoms with van der Waals surface area (Å²) in [4.78, 5) is 24.2. The van der Waals surface area contributed by atoms with Crippen molar-refractivity contribution in [3.63, 3.8) is 0 Å². The number of para-hydroxylation sites is 1. The minimum Gasteiger partial charge on any atom is -0.452 e. The number of halogens is 1. The SMILES string of the molecule is Cc1nn(-c2ccccc2)c(C)c1/C=C/C(=O)OCC(=O)NC(C)c1ccc(Br)cc1. The number of amides is 1. The van der Waals surface area contributed by atoms with Gasteiger partial charge in [-0.05, 0) is 56.7 Å². The second-order valence-corrected chi connectivity index (χ2v) is 8.03. The molecule has 0 spiro atoms. The van der Waals surface area contributed by atoms with Crippen LogP contribution >= 0.6 is 15.9 Å². The van der Waals surface area contributed by atoms with Crippen molar-refractivity contribution in [2.75, 3.05) is 6.61 Å². The molecule has 0 fully saturated rings. The van der Waals surface area contributed by atoms with Crippen LogP contribution in [0.25, 0.3) is 11.8 Å². The lowest BCUT2D eigenvalue weighted by Crippen LogP contribution is -2.30. The van der Waals surface area contributed by atoms with Crippen LogP contribution in [-0.4, -0.2) is 28.3 Å². The lowest BCUT2D eigenvalue weighted by Gasteiger charge is -2.14. The number of nitrogens with one attached hydrogen (secondary N) is 1. The topological polar surface area (TPSA) is 73.2 Å².